The summed E-state index contributed by atoms with van der Waals surface area (Å²) in [5.41, 5.74) is 4.30. The van der Waals surface area contributed by atoms with E-state index in [1.54, 1.807) is 12.5 Å². The van der Waals surface area contributed by atoms with E-state index >= 15 is 0 Å². The fourth-order valence-electron chi connectivity index (χ4n) is 1.99. The van der Waals surface area contributed by atoms with Crippen molar-refractivity contribution in [1.29, 1.82) is 5.26 Å². The van der Waals surface area contributed by atoms with Crippen molar-refractivity contribution >= 4 is 5.69 Å². The third-order valence-electron chi connectivity index (χ3n) is 2.83. The molecule has 0 unspecified atom stereocenters. The van der Waals surface area contributed by atoms with Gasteiger partial charge < -0.3 is 9.32 Å². The summed E-state index contributed by atoms with van der Waals surface area (Å²) >= 11 is 0. The third kappa shape index (κ3) is 2.35. The van der Waals surface area contributed by atoms with Gasteiger partial charge in [0.05, 0.1) is 29.5 Å². The summed E-state index contributed by atoms with van der Waals surface area (Å²) in [7, 11) is 1.96. The molecule has 0 aliphatic carbocycles. The smallest absolute Gasteiger partial charge is 0.103 e. The van der Waals surface area contributed by atoms with Crippen molar-refractivity contribution in [1.82, 2.24) is 4.98 Å². The molecule has 0 fully saturated rings. The van der Waals surface area contributed by atoms with Crippen LogP contribution in [0.2, 0.25) is 0 Å². The zero-order valence-corrected chi connectivity index (χ0v) is 10.8. The maximum atomic E-state index is 9.23. The SMILES string of the molecule is Cc1cc(N(C)Cc2ccoc2)c(C#N)c(C)n1. The van der Waals surface area contributed by atoms with Gasteiger partial charge in [-0.25, -0.2) is 0 Å². The minimum absolute atomic E-state index is 0.631. The average molecular weight is 241 g/mol. The second-order valence-electron chi connectivity index (χ2n) is 4.34. The molecule has 0 aliphatic rings. The molecule has 2 rings (SSSR count). The van der Waals surface area contributed by atoms with Crippen LogP contribution in [0.1, 0.15) is 22.5 Å². The van der Waals surface area contributed by atoms with Gasteiger partial charge in [-0.1, -0.05) is 0 Å². The molecule has 92 valence electrons. The minimum Gasteiger partial charge on any atom is -0.472 e. The minimum atomic E-state index is 0.631. The second-order valence-corrected chi connectivity index (χ2v) is 4.34. The van der Waals surface area contributed by atoms with Crippen molar-refractivity contribution in [3.05, 3.63) is 47.2 Å². The highest BCUT2D eigenvalue weighted by Crippen LogP contribution is 2.23. The van der Waals surface area contributed by atoms with Gasteiger partial charge in [0, 0.05) is 24.8 Å². The van der Waals surface area contributed by atoms with E-state index in [1.165, 1.54) is 0 Å². The van der Waals surface area contributed by atoms with Crippen LogP contribution < -0.4 is 4.90 Å². The van der Waals surface area contributed by atoms with Crippen molar-refractivity contribution in [2.75, 3.05) is 11.9 Å². The molecule has 0 spiro atoms. The van der Waals surface area contributed by atoms with E-state index in [4.69, 9.17) is 4.42 Å². The first-order valence-corrected chi connectivity index (χ1v) is 5.72. The van der Waals surface area contributed by atoms with Gasteiger partial charge in [-0.2, -0.15) is 5.26 Å². The lowest BCUT2D eigenvalue weighted by Gasteiger charge is -2.21. The second kappa shape index (κ2) is 4.92. The van der Waals surface area contributed by atoms with Crippen LogP contribution in [0.3, 0.4) is 0 Å². The number of aryl methyl sites for hydroxylation is 2. The topological polar surface area (TPSA) is 53.1 Å². The highest BCUT2D eigenvalue weighted by atomic mass is 16.3. The standard InChI is InChI=1S/C14H15N3O/c1-10-6-14(13(7-15)11(2)16-10)17(3)8-12-4-5-18-9-12/h4-6,9H,8H2,1-3H3. The van der Waals surface area contributed by atoms with Crippen molar-refractivity contribution in [2.24, 2.45) is 0 Å². The number of anilines is 1. The van der Waals surface area contributed by atoms with Gasteiger partial charge in [0.2, 0.25) is 0 Å². The molecule has 0 aromatic carbocycles. The molecule has 0 bridgehead atoms. The molecular weight excluding hydrogens is 226 g/mol. The Morgan fingerprint density at radius 1 is 1.44 bits per heavy atom. The van der Waals surface area contributed by atoms with Gasteiger partial charge in [-0.05, 0) is 26.0 Å². The van der Waals surface area contributed by atoms with Gasteiger partial charge in [0.1, 0.15) is 6.07 Å². The summed E-state index contributed by atoms with van der Waals surface area (Å²) in [5, 5.41) is 9.23. The first kappa shape index (κ1) is 12.2. The lowest BCUT2D eigenvalue weighted by atomic mass is 10.1. The predicted octanol–water partition coefficient (Wildman–Crippen LogP) is 2.80. The van der Waals surface area contributed by atoms with Crippen LogP contribution in [0.4, 0.5) is 5.69 Å². The average Bonchev–Trinajstić information content (AvgIpc) is 2.80. The zero-order valence-electron chi connectivity index (χ0n) is 10.8. The molecule has 2 aromatic rings. The summed E-state index contributed by atoms with van der Waals surface area (Å²) in [6.07, 6.45) is 3.36. The molecule has 2 aromatic heterocycles. The molecule has 0 saturated carbocycles. The number of furan rings is 1. The quantitative estimate of drug-likeness (QED) is 0.829. The number of rotatable bonds is 3. The Bertz CT molecular complexity index is 582. The van der Waals surface area contributed by atoms with E-state index in [0.29, 0.717) is 12.1 Å². The van der Waals surface area contributed by atoms with Gasteiger partial charge >= 0.3 is 0 Å². The number of pyridine rings is 1. The molecule has 4 nitrogen and oxygen atoms in total. The summed E-state index contributed by atoms with van der Waals surface area (Å²) in [6, 6.07) is 6.08. The Balaban J connectivity index is 2.35. The van der Waals surface area contributed by atoms with Gasteiger partial charge in [-0.3, -0.25) is 4.98 Å². The van der Waals surface area contributed by atoms with Gasteiger partial charge in [-0.15, -0.1) is 0 Å². The van der Waals surface area contributed by atoms with Crippen LogP contribution in [0, 0.1) is 25.2 Å². The molecular formula is C14H15N3O. The number of hydrogen-bond acceptors (Lipinski definition) is 4. The molecule has 0 amide bonds. The van der Waals surface area contributed by atoms with Crippen LogP contribution >= 0.6 is 0 Å². The molecule has 0 atom stereocenters. The van der Waals surface area contributed by atoms with E-state index < -0.39 is 0 Å². The first-order chi connectivity index (χ1) is 8.61. The summed E-state index contributed by atoms with van der Waals surface area (Å²) in [5.74, 6) is 0. The lowest BCUT2D eigenvalue weighted by Crippen LogP contribution is -2.18. The maximum absolute atomic E-state index is 9.23. The first-order valence-electron chi connectivity index (χ1n) is 5.72. The molecule has 18 heavy (non-hydrogen) atoms. The molecule has 0 radical (unpaired) electrons. The predicted molar refractivity (Wildman–Crippen MR) is 69.2 cm³/mol. The van der Waals surface area contributed by atoms with Crippen LogP contribution in [0.5, 0.6) is 0 Å². The Morgan fingerprint density at radius 3 is 2.83 bits per heavy atom. The third-order valence-corrected chi connectivity index (χ3v) is 2.83. The summed E-state index contributed by atoms with van der Waals surface area (Å²) in [4.78, 5) is 6.35. The lowest BCUT2D eigenvalue weighted by molar-refractivity contribution is 0.563. The fourth-order valence-corrected chi connectivity index (χ4v) is 1.99. The monoisotopic (exact) mass is 241 g/mol. The molecule has 2 heterocycles. The van der Waals surface area contributed by atoms with E-state index in [0.717, 1.165) is 22.6 Å². The van der Waals surface area contributed by atoms with Crippen molar-refractivity contribution < 1.29 is 4.42 Å². The Hall–Kier alpha value is -2.28. The summed E-state index contributed by atoms with van der Waals surface area (Å²) < 4.78 is 5.05. The Morgan fingerprint density at radius 2 is 2.22 bits per heavy atom. The number of aromatic nitrogens is 1. The van der Waals surface area contributed by atoms with E-state index in [-0.39, 0.29) is 0 Å². The van der Waals surface area contributed by atoms with Crippen LogP contribution in [0.15, 0.2) is 29.1 Å². The number of nitrogens with zero attached hydrogens (tertiary/aromatic N) is 3. The number of nitriles is 1. The van der Waals surface area contributed by atoms with Crippen LogP contribution in [-0.2, 0) is 6.54 Å². The highest BCUT2D eigenvalue weighted by Gasteiger charge is 2.12. The maximum Gasteiger partial charge on any atom is 0.103 e. The summed E-state index contributed by atoms with van der Waals surface area (Å²) in [6.45, 7) is 4.50. The highest BCUT2D eigenvalue weighted by molar-refractivity contribution is 5.61. The van der Waals surface area contributed by atoms with E-state index in [9.17, 15) is 5.26 Å². The molecule has 0 N–H and O–H groups in total. The van der Waals surface area contributed by atoms with Gasteiger partial charge in [0.15, 0.2) is 0 Å². The Kier molecular flexibility index (Phi) is 3.33. The van der Waals surface area contributed by atoms with Crippen molar-refractivity contribution in [2.45, 2.75) is 20.4 Å². The van der Waals surface area contributed by atoms with Gasteiger partial charge in [0.25, 0.3) is 0 Å². The van der Waals surface area contributed by atoms with Crippen LogP contribution in [0.25, 0.3) is 0 Å². The Labute approximate surface area is 106 Å². The molecule has 0 saturated heterocycles. The fraction of sp³-hybridized carbons (Fsp3) is 0.286. The van der Waals surface area contributed by atoms with Crippen LogP contribution in [-0.4, -0.2) is 12.0 Å². The van der Waals surface area contributed by atoms with Crippen molar-refractivity contribution in [3.8, 4) is 6.07 Å². The van der Waals surface area contributed by atoms with Crippen molar-refractivity contribution in [3.63, 3.8) is 0 Å². The zero-order chi connectivity index (χ0) is 13.1. The van der Waals surface area contributed by atoms with E-state index in [1.807, 2.05) is 37.9 Å². The van der Waals surface area contributed by atoms with E-state index in [2.05, 4.69) is 11.1 Å². The molecule has 0 aliphatic heterocycles. The molecule has 4 heteroatoms. The largest absolute Gasteiger partial charge is 0.472 e. The number of hydrogen-bond donors (Lipinski definition) is 0. The normalized spacial score (nSPS) is 10.1.